The first-order valence-electron chi connectivity index (χ1n) is 2.94. The summed E-state index contributed by atoms with van der Waals surface area (Å²) in [6.07, 6.45) is 0.749. The lowest BCUT2D eigenvalue weighted by atomic mass is 10.1. The second kappa shape index (κ2) is 2.17. The number of hydrogen-bond acceptors (Lipinski definition) is 3. The molecule has 3 heteroatoms. The summed E-state index contributed by atoms with van der Waals surface area (Å²) < 4.78 is 0. The Balaban J connectivity index is 2.55. The number of Topliss-reactive ketones (excluding diaryl/α,β-unsaturated/α-hetero) is 1. The van der Waals surface area contributed by atoms with Crippen LogP contribution in [0.3, 0.4) is 0 Å². The fourth-order valence-electron chi connectivity index (χ4n) is 0.708. The van der Waals surface area contributed by atoms with E-state index >= 15 is 0 Å². The molecule has 3 nitrogen and oxygen atoms in total. The van der Waals surface area contributed by atoms with Gasteiger partial charge in [0.2, 0.25) is 0 Å². The number of rotatable bonds is 1. The van der Waals surface area contributed by atoms with Crippen molar-refractivity contribution in [3.63, 3.8) is 0 Å². The zero-order valence-corrected chi connectivity index (χ0v) is 5.55. The van der Waals surface area contributed by atoms with E-state index < -0.39 is 0 Å². The molecule has 0 aromatic heterocycles. The van der Waals surface area contributed by atoms with Crippen molar-refractivity contribution in [2.75, 3.05) is 0 Å². The van der Waals surface area contributed by atoms with Gasteiger partial charge in [-0.15, -0.1) is 0 Å². The van der Waals surface area contributed by atoms with Crippen molar-refractivity contribution >= 4 is 11.5 Å². The highest BCUT2D eigenvalue weighted by molar-refractivity contribution is 6.39. The number of nitrogens with zero attached hydrogens (tertiary/aromatic N) is 1. The summed E-state index contributed by atoms with van der Waals surface area (Å²) in [5.74, 6) is 0.0133. The maximum atomic E-state index is 10.6. The van der Waals surface area contributed by atoms with E-state index in [1.807, 2.05) is 6.92 Å². The Morgan fingerprint density at radius 1 is 1.89 bits per heavy atom. The molecule has 0 saturated heterocycles. The largest absolute Gasteiger partial charge is 0.392 e. The molecule has 0 amide bonds. The minimum absolute atomic E-state index is 0.0133. The highest BCUT2D eigenvalue weighted by Crippen LogP contribution is 2.08. The van der Waals surface area contributed by atoms with E-state index in [9.17, 15) is 4.79 Å². The van der Waals surface area contributed by atoms with Gasteiger partial charge in [-0.3, -0.25) is 4.79 Å². The molecular weight excluding hydrogens is 118 g/mol. The standard InChI is InChI=1S/C6H9NO2/c1-4-3-6(5(2)8)7-9-4/h4H,3H2,1-2H3. The molecular formula is C6H9NO2. The van der Waals surface area contributed by atoms with Gasteiger partial charge in [0, 0.05) is 13.3 Å². The third-order valence-electron chi connectivity index (χ3n) is 1.23. The topological polar surface area (TPSA) is 38.7 Å². The van der Waals surface area contributed by atoms with Gasteiger partial charge in [0.1, 0.15) is 11.8 Å². The normalized spacial score (nSPS) is 25.1. The van der Waals surface area contributed by atoms with Crippen LogP contribution >= 0.6 is 0 Å². The first-order valence-corrected chi connectivity index (χ1v) is 2.94. The molecule has 0 aromatic rings. The second-order valence-corrected chi connectivity index (χ2v) is 2.21. The fraction of sp³-hybridized carbons (Fsp3) is 0.667. The van der Waals surface area contributed by atoms with Crippen molar-refractivity contribution in [1.82, 2.24) is 0 Å². The van der Waals surface area contributed by atoms with Crippen LogP contribution in [0.25, 0.3) is 0 Å². The quantitative estimate of drug-likeness (QED) is 0.521. The average molecular weight is 127 g/mol. The van der Waals surface area contributed by atoms with Crippen molar-refractivity contribution in [3.8, 4) is 0 Å². The molecule has 1 rings (SSSR count). The number of hydrogen-bond donors (Lipinski definition) is 0. The summed E-state index contributed by atoms with van der Waals surface area (Å²) in [4.78, 5) is 15.4. The molecule has 1 unspecified atom stereocenters. The minimum Gasteiger partial charge on any atom is -0.392 e. The van der Waals surface area contributed by atoms with Crippen molar-refractivity contribution in [1.29, 1.82) is 0 Å². The summed E-state index contributed by atoms with van der Waals surface area (Å²) in [5, 5.41) is 3.58. The number of carbonyl (C=O) groups excluding carboxylic acids is 1. The predicted molar refractivity (Wildman–Crippen MR) is 33.3 cm³/mol. The Hall–Kier alpha value is -0.860. The van der Waals surface area contributed by atoms with Gasteiger partial charge >= 0.3 is 0 Å². The molecule has 0 saturated carbocycles. The average Bonchev–Trinajstić information content (AvgIpc) is 2.14. The number of ketones is 1. The zero-order valence-electron chi connectivity index (χ0n) is 5.55. The molecule has 0 radical (unpaired) electrons. The molecule has 9 heavy (non-hydrogen) atoms. The van der Waals surface area contributed by atoms with E-state index in [0.717, 1.165) is 0 Å². The van der Waals surface area contributed by atoms with Crippen LogP contribution in [-0.2, 0) is 9.63 Å². The molecule has 0 bridgehead atoms. The molecule has 0 fully saturated rings. The number of oxime groups is 1. The molecule has 0 spiro atoms. The molecule has 0 aromatic carbocycles. The van der Waals surface area contributed by atoms with Crippen LogP contribution in [0.4, 0.5) is 0 Å². The summed E-state index contributed by atoms with van der Waals surface area (Å²) in [7, 11) is 0. The van der Waals surface area contributed by atoms with Crippen LogP contribution < -0.4 is 0 Å². The maximum Gasteiger partial charge on any atom is 0.177 e. The summed E-state index contributed by atoms with van der Waals surface area (Å²) in [5.41, 5.74) is 0.558. The summed E-state index contributed by atoms with van der Waals surface area (Å²) in [6.45, 7) is 3.39. The van der Waals surface area contributed by atoms with Crippen LogP contribution in [0.15, 0.2) is 5.16 Å². The van der Waals surface area contributed by atoms with E-state index in [0.29, 0.717) is 12.1 Å². The third-order valence-corrected chi connectivity index (χ3v) is 1.23. The van der Waals surface area contributed by atoms with Gasteiger partial charge in [0.25, 0.3) is 0 Å². The molecule has 1 heterocycles. The van der Waals surface area contributed by atoms with Crippen LogP contribution in [0.1, 0.15) is 20.3 Å². The van der Waals surface area contributed by atoms with Gasteiger partial charge in [-0.1, -0.05) is 5.16 Å². The fourth-order valence-corrected chi connectivity index (χ4v) is 0.708. The van der Waals surface area contributed by atoms with E-state index in [1.165, 1.54) is 6.92 Å². The van der Waals surface area contributed by atoms with E-state index in [2.05, 4.69) is 5.16 Å². The van der Waals surface area contributed by atoms with Gasteiger partial charge < -0.3 is 4.84 Å². The van der Waals surface area contributed by atoms with E-state index in [1.54, 1.807) is 0 Å². The molecule has 0 N–H and O–H groups in total. The monoisotopic (exact) mass is 127 g/mol. The lowest BCUT2D eigenvalue weighted by Crippen LogP contribution is -2.09. The van der Waals surface area contributed by atoms with Crippen LogP contribution in [0.2, 0.25) is 0 Å². The van der Waals surface area contributed by atoms with Crippen LogP contribution in [0.5, 0.6) is 0 Å². The maximum absolute atomic E-state index is 10.6. The predicted octanol–water partition coefficient (Wildman–Crippen LogP) is 0.740. The molecule has 1 aliphatic rings. The molecule has 0 aliphatic carbocycles. The van der Waals surface area contributed by atoms with Crippen LogP contribution in [-0.4, -0.2) is 17.6 Å². The second-order valence-electron chi connectivity index (χ2n) is 2.21. The molecule has 50 valence electrons. The van der Waals surface area contributed by atoms with Gasteiger partial charge in [0.05, 0.1) is 0 Å². The Kier molecular flexibility index (Phi) is 1.51. The lowest BCUT2D eigenvalue weighted by Gasteiger charge is -1.94. The lowest BCUT2D eigenvalue weighted by molar-refractivity contribution is -0.111. The first kappa shape index (κ1) is 6.26. The van der Waals surface area contributed by atoms with Gasteiger partial charge in [-0.05, 0) is 6.92 Å². The van der Waals surface area contributed by atoms with Crippen molar-refractivity contribution in [2.45, 2.75) is 26.4 Å². The van der Waals surface area contributed by atoms with E-state index in [-0.39, 0.29) is 11.9 Å². The summed E-state index contributed by atoms with van der Waals surface area (Å²) in [6, 6.07) is 0. The van der Waals surface area contributed by atoms with Crippen LogP contribution in [0, 0.1) is 0 Å². The molecule has 1 aliphatic heterocycles. The van der Waals surface area contributed by atoms with Gasteiger partial charge in [0.15, 0.2) is 5.78 Å². The van der Waals surface area contributed by atoms with Gasteiger partial charge in [-0.2, -0.15) is 0 Å². The number of carbonyl (C=O) groups is 1. The minimum atomic E-state index is 0.0133. The van der Waals surface area contributed by atoms with Crippen molar-refractivity contribution < 1.29 is 9.63 Å². The first-order chi connectivity index (χ1) is 4.20. The highest BCUT2D eigenvalue weighted by Gasteiger charge is 2.18. The summed E-state index contributed by atoms with van der Waals surface area (Å²) >= 11 is 0. The highest BCUT2D eigenvalue weighted by atomic mass is 16.6. The SMILES string of the molecule is CC(=O)C1=NOC(C)C1. The smallest absolute Gasteiger partial charge is 0.177 e. The third kappa shape index (κ3) is 1.28. The molecule has 1 atom stereocenters. The van der Waals surface area contributed by atoms with Gasteiger partial charge in [-0.25, -0.2) is 0 Å². The van der Waals surface area contributed by atoms with E-state index in [4.69, 9.17) is 4.84 Å². The Morgan fingerprint density at radius 2 is 2.56 bits per heavy atom. The zero-order chi connectivity index (χ0) is 6.85. The van der Waals surface area contributed by atoms with Crippen molar-refractivity contribution in [3.05, 3.63) is 0 Å². The Bertz CT molecular complexity index is 162. The Morgan fingerprint density at radius 3 is 2.78 bits per heavy atom. The van der Waals surface area contributed by atoms with Crippen molar-refractivity contribution in [2.24, 2.45) is 5.16 Å². The Labute approximate surface area is 53.7 Å².